The number of hydrogen-bond donors (Lipinski definition) is 0. The number of nitrogens with zero attached hydrogens (tertiary/aromatic N) is 2. The van der Waals surface area contributed by atoms with E-state index in [4.69, 9.17) is 49.0 Å². The maximum Gasteiger partial charge on any atom is 0.338 e. The molecule has 0 fully saturated rings. The second-order valence-electron chi connectivity index (χ2n) is 8.88. The van der Waals surface area contributed by atoms with Gasteiger partial charge in [-0.2, -0.15) is 0 Å². The number of thiazole rings is 1. The van der Waals surface area contributed by atoms with Gasteiger partial charge in [0.1, 0.15) is 12.6 Å². The molecule has 7 nitrogen and oxygen atoms in total. The number of carbonyl (C=O) groups excluding carboxylic acids is 1. The summed E-state index contributed by atoms with van der Waals surface area (Å²) >= 11 is 21.6. The quantitative estimate of drug-likeness (QED) is 0.206. The van der Waals surface area contributed by atoms with E-state index >= 15 is 0 Å². The summed E-state index contributed by atoms with van der Waals surface area (Å²) in [6.45, 7) is 3.86. The summed E-state index contributed by atoms with van der Waals surface area (Å²) in [4.78, 5) is 32.6. The number of ether oxygens (including phenoxy) is 3. The molecular weight excluding hydrogens is 627 g/mol. The normalized spacial score (nSPS) is 15.0. The minimum atomic E-state index is -0.638. The van der Waals surface area contributed by atoms with Crippen molar-refractivity contribution in [3.63, 3.8) is 0 Å². The van der Waals surface area contributed by atoms with Crippen molar-refractivity contribution in [3.05, 3.63) is 110 Å². The number of thiophene rings is 1. The van der Waals surface area contributed by atoms with Crippen LogP contribution < -0.4 is 24.4 Å². The number of rotatable bonds is 8. The Morgan fingerprint density at radius 2 is 1.95 bits per heavy atom. The van der Waals surface area contributed by atoms with E-state index in [-0.39, 0.29) is 18.8 Å². The zero-order valence-corrected chi connectivity index (χ0v) is 26.0. The number of allylic oxidation sites excluding steroid dienone is 1. The summed E-state index contributed by atoms with van der Waals surface area (Å²) in [5, 5.41) is 3.20. The number of esters is 1. The summed E-state index contributed by atoms with van der Waals surface area (Å²) in [5.74, 6) is 0.234. The maximum absolute atomic E-state index is 13.8. The standard InChI is InChI=1S/C29H23Cl3N2O5S2/c1-4-38-28(36)24-15(2)33-29-34(25(24)22-6-5-9-40-22)27(35)23(41-29)12-16-10-20(32)26(21(11-16)37-3)39-14-17-7-8-18(30)13-19(17)31/h5-13,25H,4,14H2,1-3H3/b23-12-/t25-/m1/s1. The highest BCUT2D eigenvalue weighted by atomic mass is 35.5. The lowest BCUT2D eigenvalue weighted by molar-refractivity contribution is -0.139. The molecule has 12 heteroatoms. The van der Waals surface area contributed by atoms with E-state index in [0.717, 1.165) is 10.4 Å². The van der Waals surface area contributed by atoms with Crippen LogP contribution in [0.2, 0.25) is 15.1 Å². The van der Waals surface area contributed by atoms with Crippen LogP contribution in [-0.2, 0) is 16.1 Å². The van der Waals surface area contributed by atoms with Crippen molar-refractivity contribution in [1.82, 2.24) is 4.57 Å². The number of aromatic nitrogens is 1. The van der Waals surface area contributed by atoms with E-state index in [1.807, 2.05) is 17.5 Å². The van der Waals surface area contributed by atoms with Crippen LogP contribution in [0.25, 0.3) is 6.08 Å². The van der Waals surface area contributed by atoms with Crippen LogP contribution in [0.5, 0.6) is 11.5 Å². The Morgan fingerprint density at radius 3 is 2.63 bits per heavy atom. The Balaban J connectivity index is 1.54. The Kier molecular flexibility index (Phi) is 8.91. The third-order valence-corrected chi connectivity index (χ3v) is 9.04. The highest BCUT2D eigenvalue weighted by Gasteiger charge is 2.33. The van der Waals surface area contributed by atoms with E-state index < -0.39 is 12.0 Å². The number of halogens is 3. The fourth-order valence-corrected chi connectivity index (χ4v) is 7.02. The van der Waals surface area contributed by atoms with Gasteiger partial charge < -0.3 is 14.2 Å². The first-order chi connectivity index (χ1) is 19.7. The Labute approximate surface area is 258 Å². The van der Waals surface area contributed by atoms with Gasteiger partial charge >= 0.3 is 5.97 Å². The fraction of sp³-hybridized carbons (Fsp3) is 0.207. The van der Waals surface area contributed by atoms with Crippen LogP contribution in [0.3, 0.4) is 0 Å². The van der Waals surface area contributed by atoms with E-state index in [1.165, 1.54) is 29.8 Å². The van der Waals surface area contributed by atoms with Gasteiger partial charge in [0.25, 0.3) is 5.56 Å². The van der Waals surface area contributed by atoms with E-state index in [2.05, 4.69) is 4.99 Å². The fourth-order valence-electron chi connectivity index (χ4n) is 4.41. The Hall–Kier alpha value is -3.08. The van der Waals surface area contributed by atoms with E-state index in [1.54, 1.807) is 54.8 Å². The molecule has 4 aromatic rings. The third-order valence-electron chi connectivity index (χ3n) is 6.27. The molecule has 5 rings (SSSR count). The van der Waals surface area contributed by atoms with Crippen molar-refractivity contribution in [3.8, 4) is 11.5 Å². The molecule has 0 saturated carbocycles. The van der Waals surface area contributed by atoms with Crippen molar-refractivity contribution >= 4 is 69.5 Å². The van der Waals surface area contributed by atoms with Crippen molar-refractivity contribution in [2.24, 2.45) is 4.99 Å². The molecular formula is C29H23Cl3N2O5S2. The van der Waals surface area contributed by atoms with Gasteiger partial charge in [0.15, 0.2) is 16.3 Å². The molecule has 2 aromatic heterocycles. The largest absolute Gasteiger partial charge is 0.493 e. The van der Waals surface area contributed by atoms with Gasteiger partial charge in [-0.05, 0) is 61.2 Å². The van der Waals surface area contributed by atoms with Gasteiger partial charge in [-0.3, -0.25) is 9.36 Å². The minimum Gasteiger partial charge on any atom is -0.493 e. The summed E-state index contributed by atoms with van der Waals surface area (Å²) in [6.07, 6.45) is 1.72. The first-order valence-corrected chi connectivity index (χ1v) is 15.2. The molecule has 0 saturated heterocycles. The van der Waals surface area contributed by atoms with Crippen LogP contribution in [0.1, 0.15) is 35.9 Å². The van der Waals surface area contributed by atoms with Gasteiger partial charge in [-0.15, -0.1) is 11.3 Å². The van der Waals surface area contributed by atoms with Crippen LogP contribution in [0, 0.1) is 0 Å². The van der Waals surface area contributed by atoms with Gasteiger partial charge in [0.2, 0.25) is 0 Å². The molecule has 1 aliphatic rings. The zero-order valence-electron chi connectivity index (χ0n) is 22.1. The summed E-state index contributed by atoms with van der Waals surface area (Å²) in [6, 6.07) is 11.7. The molecule has 2 aromatic carbocycles. The monoisotopic (exact) mass is 648 g/mol. The molecule has 0 unspecified atom stereocenters. The van der Waals surface area contributed by atoms with Gasteiger partial charge in [-0.25, -0.2) is 9.79 Å². The van der Waals surface area contributed by atoms with E-state index in [9.17, 15) is 9.59 Å². The highest BCUT2D eigenvalue weighted by Crippen LogP contribution is 2.38. The third kappa shape index (κ3) is 5.96. The zero-order chi connectivity index (χ0) is 29.3. The highest BCUT2D eigenvalue weighted by molar-refractivity contribution is 7.10. The molecule has 0 radical (unpaired) electrons. The minimum absolute atomic E-state index is 0.148. The first kappa shape index (κ1) is 29.4. The van der Waals surface area contributed by atoms with Crippen LogP contribution >= 0.6 is 57.5 Å². The van der Waals surface area contributed by atoms with Crippen molar-refractivity contribution < 1.29 is 19.0 Å². The number of benzene rings is 2. The van der Waals surface area contributed by atoms with Crippen LogP contribution in [-0.4, -0.2) is 24.3 Å². The maximum atomic E-state index is 13.8. The topological polar surface area (TPSA) is 79.1 Å². The van der Waals surface area contributed by atoms with Crippen molar-refractivity contribution in [2.45, 2.75) is 26.5 Å². The molecule has 0 amide bonds. The summed E-state index contributed by atoms with van der Waals surface area (Å²) < 4.78 is 18.8. The molecule has 41 heavy (non-hydrogen) atoms. The molecule has 3 heterocycles. The van der Waals surface area contributed by atoms with E-state index in [0.29, 0.717) is 52.7 Å². The lowest BCUT2D eigenvalue weighted by Gasteiger charge is -2.23. The SMILES string of the molecule is CCOC(=O)C1=C(C)N=c2s/c(=C\c3cc(Cl)c(OCc4ccc(Cl)cc4Cl)c(OC)c3)c(=O)n2[C@@H]1c1cccs1. The molecule has 1 aliphatic heterocycles. The summed E-state index contributed by atoms with van der Waals surface area (Å²) in [5.41, 5.74) is 1.94. The van der Waals surface area contributed by atoms with Gasteiger partial charge in [0, 0.05) is 20.5 Å². The van der Waals surface area contributed by atoms with Gasteiger partial charge in [-0.1, -0.05) is 58.3 Å². The van der Waals surface area contributed by atoms with Crippen LogP contribution in [0.15, 0.2) is 68.9 Å². The predicted molar refractivity (Wildman–Crippen MR) is 164 cm³/mol. The summed E-state index contributed by atoms with van der Waals surface area (Å²) in [7, 11) is 1.51. The molecule has 212 valence electrons. The molecule has 0 N–H and O–H groups in total. The first-order valence-electron chi connectivity index (χ1n) is 12.4. The second kappa shape index (κ2) is 12.4. The second-order valence-corrected chi connectivity index (χ2v) is 12.1. The smallest absolute Gasteiger partial charge is 0.338 e. The Morgan fingerprint density at radius 1 is 1.15 bits per heavy atom. The predicted octanol–water partition coefficient (Wildman–Crippen LogP) is 6.41. The number of fused-ring (bicyclic) bond motifs is 1. The lowest BCUT2D eigenvalue weighted by Crippen LogP contribution is -2.39. The Bertz CT molecular complexity index is 1840. The average Bonchev–Trinajstić information content (AvgIpc) is 3.56. The molecule has 0 aliphatic carbocycles. The molecule has 0 bridgehead atoms. The average molecular weight is 650 g/mol. The van der Waals surface area contributed by atoms with Crippen molar-refractivity contribution in [1.29, 1.82) is 0 Å². The molecule has 0 spiro atoms. The number of hydrogen-bond acceptors (Lipinski definition) is 8. The van der Waals surface area contributed by atoms with Crippen molar-refractivity contribution in [2.75, 3.05) is 13.7 Å². The lowest BCUT2D eigenvalue weighted by atomic mass is 10.0. The van der Waals surface area contributed by atoms with Gasteiger partial charge in [0.05, 0.1) is 34.5 Å². The van der Waals surface area contributed by atoms with Crippen LogP contribution in [0.4, 0.5) is 0 Å². The molecule has 1 atom stereocenters. The number of methoxy groups -OCH3 is 1. The number of carbonyl (C=O) groups is 1.